The van der Waals surface area contributed by atoms with Gasteiger partial charge in [0.05, 0.1) is 31.9 Å². The summed E-state index contributed by atoms with van der Waals surface area (Å²) >= 11 is 0. The van der Waals surface area contributed by atoms with Gasteiger partial charge < -0.3 is 24.2 Å². The van der Waals surface area contributed by atoms with Gasteiger partial charge in [0.2, 0.25) is 0 Å². The number of ketones is 1. The van der Waals surface area contributed by atoms with Crippen molar-refractivity contribution in [3.05, 3.63) is 35.1 Å². The van der Waals surface area contributed by atoms with Crippen LogP contribution in [0.3, 0.4) is 0 Å². The van der Waals surface area contributed by atoms with Crippen molar-refractivity contribution in [3.8, 4) is 11.5 Å². The molecule has 7 heteroatoms. The topological polar surface area (TPSA) is 85.3 Å². The van der Waals surface area contributed by atoms with E-state index in [4.69, 9.17) is 14.2 Å². The lowest BCUT2D eigenvalue weighted by molar-refractivity contribution is -0.129. The van der Waals surface area contributed by atoms with Crippen molar-refractivity contribution in [2.24, 2.45) is 5.92 Å². The normalized spacial score (nSPS) is 19.3. The SMILES string of the molecule is COc1ccc(C2C(C(=O)C3CC3)=C(O)C(=O)N2CCCOC(C)C)cc1OC. The molecule has 1 fully saturated rings. The van der Waals surface area contributed by atoms with Crippen molar-refractivity contribution in [1.82, 2.24) is 4.90 Å². The van der Waals surface area contributed by atoms with Gasteiger partial charge >= 0.3 is 0 Å². The van der Waals surface area contributed by atoms with Gasteiger partial charge in [-0.15, -0.1) is 0 Å². The molecule has 1 atom stereocenters. The standard InChI is InChI=1S/C22H29NO6/c1-13(2)29-11-5-10-23-19(15-8-9-16(27-3)17(12-15)28-4)18(21(25)22(23)26)20(24)14-6-7-14/h8-9,12-14,19,25H,5-7,10-11H2,1-4H3. The van der Waals surface area contributed by atoms with Gasteiger partial charge in [-0.3, -0.25) is 9.59 Å². The highest BCUT2D eigenvalue weighted by Crippen LogP contribution is 2.44. The van der Waals surface area contributed by atoms with Gasteiger partial charge in [0.1, 0.15) is 0 Å². The summed E-state index contributed by atoms with van der Waals surface area (Å²) in [6.45, 7) is 4.77. The van der Waals surface area contributed by atoms with E-state index in [1.807, 2.05) is 13.8 Å². The lowest BCUT2D eigenvalue weighted by Crippen LogP contribution is -2.33. The Morgan fingerprint density at radius 3 is 2.48 bits per heavy atom. The summed E-state index contributed by atoms with van der Waals surface area (Å²) in [7, 11) is 3.08. The first-order chi connectivity index (χ1) is 13.9. The van der Waals surface area contributed by atoms with Gasteiger partial charge in [0, 0.05) is 19.1 Å². The lowest BCUT2D eigenvalue weighted by atomic mass is 9.94. The van der Waals surface area contributed by atoms with E-state index in [2.05, 4.69) is 0 Å². The summed E-state index contributed by atoms with van der Waals surface area (Å²) in [5.41, 5.74) is 0.892. The number of aliphatic hydroxyl groups is 1. The molecule has 1 amide bonds. The molecule has 7 nitrogen and oxygen atoms in total. The molecular weight excluding hydrogens is 374 g/mol. The predicted molar refractivity (Wildman–Crippen MR) is 107 cm³/mol. The van der Waals surface area contributed by atoms with Crippen LogP contribution in [0.1, 0.15) is 44.7 Å². The molecule has 2 aliphatic rings. The van der Waals surface area contributed by atoms with Gasteiger partial charge in [-0.25, -0.2) is 0 Å². The number of carbonyl (C=O) groups is 2. The molecule has 29 heavy (non-hydrogen) atoms. The Kier molecular flexibility index (Phi) is 6.47. The van der Waals surface area contributed by atoms with Crippen molar-refractivity contribution in [3.63, 3.8) is 0 Å². The molecule has 1 aliphatic carbocycles. The second-order valence-electron chi connectivity index (χ2n) is 7.69. The molecule has 0 radical (unpaired) electrons. The van der Waals surface area contributed by atoms with Crippen LogP contribution in [-0.4, -0.2) is 55.2 Å². The van der Waals surface area contributed by atoms with Crippen LogP contribution >= 0.6 is 0 Å². The third-order valence-corrected chi connectivity index (χ3v) is 5.24. The van der Waals surface area contributed by atoms with Crippen LogP contribution in [0.5, 0.6) is 11.5 Å². The molecule has 1 N–H and O–H groups in total. The monoisotopic (exact) mass is 403 g/mol. The second kappa shape index (κ2) is 8.86. The van der Waals surface area contributed by atoms with E-state index in [1.54, 1.807) is 30.2 Å². The zero-order valence-electron chi connectivity index (χ0n) is 17.4. The zero-order chi connectivity index (χ0) is 21.1. The van der Waals surface area contributed by atoms with Crippen molar-refractivity contribution in [2.45, 2.75) is 45.3 Å². The maximum absolute atomic E-state index is 12.9. The molecule has 1 aliphatic heterocycles. The Balaban J connectivity index is 1.93. The quantitative estimate of drug-likeness (QED) is 0.604. The summed E-state index contributed by atoms with van der Waals surface area (Å²) in [5.74, 6) is -0.140. The summed E-state index contributed by atoms with van der Waals surface area (Å²) in [4.78, 5) is 27.3. The molecular formula is C22H29NO6. The van der Waals surface area contributed by atoms with E-state index in [1.165, 1.54) is 7.11 Å². The first kappa shape index (κ1) is 21.2. The van der Waals surface area contributed by atoms with Crippen molar-refractivity contribution < 1.29 is 28.9 Å². The first-order valence-electron chi connectivity index (χ1n) is 10.0. The number of benzene rings is 1. The third-order valence-electron chi connectivity index (χ3n) is 5.24. The van der Waals surface area contributed by atoms with Gasteiger partial charge in [-0.1, -0.05) is 6.07 Å². The minimum atomic E-state index is -0.644. The van der Waals surface area contributed by atoms with Crippen LogP contribution in [0.2, 0.25) is 0 Å². The van der Waals surface area contributed by atoms with Crippen LogP contribution in [0.15, 0.2) is 29.5 Å². The largest absolute Gasteiger partial charge is 0.503 e. The summed E-state index contributed by atoms with van der Waals surface area (Å²) in [6, 6.07) is 4.66. The number of hydrogen-bond acceptors (Lipinski definition) is 6. The highest BCUT2D eigenvalue weighted by molar-refractivity contribution is 6.10. The Morgan fingerprint density at radius 1 is 1.21 bits per heavy atom. The minimum Gasteiger partial charge on any atom is -0.503 e. The highest BCUT2D eigenvalue weighted by atomic mass is 16.5. The molecule has 0 saturated heterocycles. The molecule has 0 spiro atoms. The summed E-state index contributed by atoms with van der Waals surface area (Å²) in [6.07, 6.45) is 2.30. The molecule has 1 saturated carbocycles. The van der Waals surface area contributed by atoms with E-state index in [9.17, 15) is 14.7 Å². The fourth-order valence-electron chi connectivity index (χ4n) is 3.62. The van der Waals surface area contributed by atoms with Crippen LogP contribution in [0.4, 0.5) is 0 Å². The van der Waals surface area contributed by atoms with Crippen LogP contribution in [-0.2, 0) is 14.3 Å². The smallest absolute Gasteiger partial charge is 0.290 e. The van der Waals surface area contributed by atoms with E-state index in [-0.39, 0.29) is 23.4 Å². The average molecular weight is 403 g/mol. The fraction of sp³-hybridized carbons (Fsp3) is 0.545. The average Bonchev–Trinajstić information content (AvgIpc) is 3.52. The first-order valence-corrected chi connectivity index (χ1v) is 10.0. The molecule has 1 aromatic rings. The highest BCUT2D eigenvalue weighted by Gasteiger charge is 2.46. The Labute approximate surface area is 171 Å². The number of rotatable bonds is 10. The van der Waals surface area contributed by atoms with Gasteiger partial charge in [0.25, 0.3) is 5.91 Å². The maximum Gasteiger partial charge on any atom is 0.290 e. The molecule has 0 aromatic heterocycles. The van der Waals surface area contributed by atoms with Crippen molar-refractivity contribution >= 4 is 11.7 Å². The van der Waals surface area contributed by atoms with Crippen LogP contribution in [0, 0.1) is 5.92 Å². The number of aliphatic hydroxyl groups excluding tert-OH is 1. The predicted octanol–water partition coefficient (Wildman–Crippen LogP) is 3.19. The summed E-state index contributed by atoms with van der Waals surface area (Å²) < 4.78 is 16.3. The molecule has 0 bridgehead atoms. The van der Waals surface area contributed by atoms with Crippen molar-refractivity contribution in [2.75, 3.05) is 27.4 Å². The maximum atomic E-state index is 12.9. The Hall–Kier alpha value is -2.54. The molecule has 158 valence electrons. The van der Waals surface area contributed by atoms with Crippen LogP contribution < -0.4 is 9.47 Å². The number of amides is 1. The Morgan fingerprint density at radius 2 is 1.90 bits per heavy atom. The van der Waals surface area contributed by atoms with E-state index < -0.39 is 17.7 Å². The number of hydrogen-bond donors (Lipinski definition) is 1. The van der Waals surface area contributed by atoms with Gasteiger partial charge in [0.15, 0.2) is 23.0 Å². The number of nitrogens with zero attached hydrogens (tertiary/aromatic N) is 1. The van der Waals surface area contributed by atoms with E-state index in [0.29, 0.717) is 36.6 Å². The number of ether oxygens (including phenoxy) is 3. The molecule has 1 aromatic carbocycles. The Bertz CT molecular complexity index is 812. The molecule has 1 unspecified atom stereocenters. The molecule has 3 rings (SSSR count). The number of Topliss-reactive ketones (excluding diaryl/α,β-unsaturated/α-hetero) is 1. The fourth-order valence-corrected chi connectivity index (χ4v) is 3.62. The zero-order valence-corrected chi connectivity index (χ0v) is 17.4. The number of carbonyl (C=O) groups excluding carboxylic acids is 2. The van der Waals surface area contributed by atoms with Gasteiger partial charge in [-0.2, -0.15) is 0 Å². The van der Waals surface area contributed by atoms with E-state index in [0.717, 1.165) is 12.8 Å². The minimum absolute atomic E-state index is 0.101. The van der Waals surface area contributed by atoms with Crippen LogP contribution in [0.25, 0.3) is 0 Å². The van der Waals surface area contributed by atoms with Crippen molar-refractivity contribution in [1.29, 1.82) is 0 Å². The molecule has 1 heterocycles. The van der Waals surface area contributed by atoms with E-state index >= 15 is 0 Å². The second-order valence-corrected chi connectivity index (χ2v) is 7.69. The van der Waals surface area contributed by atoms with Gasteiger partial charge in [-0.05, 0) is 50.8 Å². The number of methoxy groups -OCH3 is 2. The third kappa shape index (κ3) is 4.40. The summed E-state index contributed by atoms with van der Waals surface area (Å²) in [5, 5.41) is 10.6. The lowest BCUT2D eigenvalue weighted by Gasteiger charge is -2.27.